The number of ether oxygens (including phenoxy) is 2. The van der Waals surface area contributed by atoms with Gasteiger partial charge >= 0.3 is 0 Å². The molecule has 3 aromatic rings. The zero-order chi connectivity index (χ0) is 31.5. The van der Waals surface area contributed by atoms with Crippen molar-refractivity contribution >= 4 is 54.7 Å². The van der Waals surface area contributed by atoms with Gasteiger partial charge in [0.2, 0.25) is 0 Å². The Hall–Kier alpha value is -2.60. The summed E-state index contributed by atoms with van der Waals surface area (Å²) in [4.78, 5) is 2.72. The fourth-order valence-electron chi connectivity index (χ4n) is 6.12. The Kier molecular flexibility index (Phi) is 9.99. The molecule has 0 atom stereocenters. The number of methoxy groups -OCH3 is 1. The van der Waals surface area contributed by atoms with Gasteiger partial charge < -0.3 is 24.7 Å². The minimum atomic E-state index is -3.38. The maximum absolute atomic E-state index is 13.7. The van der Waals surface area contributed by atoms with Crippen LogP contribution in [-0.4, -0.2) is 79.6 Å². The number of aromatic nitrogens is 1. The number of anilines is 2. The van der Waals surface area contributed by atoms with Crippen molar-refractivity contribution < 1.29 is 26.7 Å². The van der Waals surface area contributed by atoms with Gasteiger partial charge in [-0.25, -0.2) is 17.2 Å². The van der Waals surface area contributed by atoms with Crippen LogP contribution in [0, 0.1) is 11.8 Å². The zero-order valence-electron chi connectivity index (χ0n) is 25.3. The van der Waals surface area contributed by atoms with E-state index in [2.05, 4.69) is 56.9 Å². The molecule has 2 heterocycles. The minimum Gasteiger partial charge on any atom is -0.495 e. The van der Waals surface area contributed by atoms with Gasteiger partial charge in [-0.05, 0) is 68.9 Å². The molecular weight excluding hydrogens is 701 g/mol. The second-order valence-corrected chi connectivity index (χ2v) is 15.8. The number of nitrogens with one attached hydrogen (secondary N) is 2. The number of hydrogen-bond acceptors (Lipinski definition) is 7. The Labute approximate surface area is 271 Å². The Balaban J connectivity index is 1.34. The van der Waals surface area contributed by atoms with Crippen LogP contribution in [0.25, 0.3) is 10.9 Å². The van der Waals surface area contributed by atoms with Crippen LogP contribution in [0.1, 0.15) is 38.3 Å². The number of benzene rings is 2. The molecule has 1 aromatic heterocycles. The highest BCUT2D eigenvalue weighted by Crippen LogP contribution is 2.45. The van der Waals surface area contributed by atoms with Crippen molar-refractivity contribution in [1.29, 1.82) is 0 Å². The molecule has 44 heavy (non-hydrogen) atoms. The van der Waals surface area contributed by atoms with E-state index in [1.807, 2.05) is 24.3 Å². The highest BCUT2D eigenvalue weighted by molar-refractivity contribution is 14.1. The van der Waals surface area contributed by atoms with Crippen molar-refractivity contribution in [3.8, 4) is 17.6 Å². The number of fused-ring (bicyclic) bond motifs is 1. The molecule has 2 aromatic carbocycles. The number of halogens is 3. The third-order valence-electron chi connectivity index (χ3n) is 8.70. The van der Waals surface area contributed by atoms with Crippen molar-refractivity contribution in [2.24, 2.45) is 0 Å². The van der Waals surface area contributed by atoms with Crippen molar-refractivity contribution in [3.63, 3.8) is 0 Å². The van der Waals surface area contributed by atoms with Crippen molar-refractivity contribution in [1.82, 2.24) is 9.47 Å². The second kappa shape index (κ2) is 13.4. The van der Waals surface area contributed by atoms with Crippen molar-refractivity contribution in [3.05, 3.63) is 48.2 Å². The summed E-state index contributed by atoms with van der Waals surface area (Å²) < 4.78 is 63.5. The SMILES string of the molecule is COc1cc(S(C)(=O)=O)ccc1NCC#Cc1cc2c(NC3(I)CCC(C)(N4CCOCC4)CC3)cccc2n1CC(F)F. The van der Waals surface area contributed by atoms with Gasteiger partial charge in [0.05, 0.1) is 58.8 Å². The van der Waals surface area contributed by atoms with Gasteiger partial charge in [-0.3, -0.25) is 4.90 Å². The third kappa shape index (κ3) is 7.43. The van der Waals surface area contributed by atoms with Crippen LogP contribution in [0.5, 0.6) is 5.75 Å². The highest BCUT2D eigenvalue weighted by Gasteiger charge is 2.42. The van der Waals surface area contributed by atoms with E-state index in [1.54, 1.807) is 10.6 Å². The molecule has 1 saturated heterocycles. The molecule has 1 aliphatic heterocycles. The topological polar surface area (TPSA) is 84.8 Å². The van der Waals surface area contributed by atoms with Gasteiger partial charge in [0.15, 0.2) is 9.84 Å². The molecule has 2 aliphatic rings. The summed E-state index contributed by atoms with van der Waals surface area (Å²) in [5.74, 6) is 6.48. The van der Waals surface area contributed by atoms with Crippen LogP contribution in [0.3, 0.4) is 0 Å². The smallest absolute Gasteiger partial charge is 0.256 e. The maximum atomic E-state index is 13.7. The van der Waals surface area contributed by atoms with Crippen LogP contribution in [0.4, 0.5) is 20.2 Å². The van der Waals surface area contributed by atoms with Gasteiger partial charge in [0, 0.05) is 42.0 Å². The maximum Gasteiger partial charge on any atom is 0.256 e. The molecule has 12 heteroatoms. The van der Waals surface area contributed by atoms with Crippen LogP contribution < -0.4 is 15.4 Å². The number of hydrogen-bond donors (Lipinski definition) is 2. The molecule has 2 fully saturated rings. The predicted molar refractivity (Wildman–Crippen MR) is 179 cm³/mol. The molecule has 2 N–H and O–H groups in total. The zero-order valence-corrected chi connectivity index (χ0v) is 28.2. The lowest BCUT2D eigenvalue weighted by Crippen LogP contribution is -2.55. The monoisotopic (exact) mass is 740 g/mol. The number of alkyl halides is 3. The summed E-state index contributed by atoms with van der Waals surface area (Å²) in [6, 6.07) is 12.2. The summed E-state index contributed by atoms with van der Waals surface area (Å²) in [5, 5.41) is 7.77. The van der Waals surface area contributed by atoms with Crippen LogP contribution >= 0.6 is 22.6 Å². The molecule has 0 amide bonds. The van der Waals surface area contributed by atoms with E-state index in [9.17, 15) is 17.2 Å². The summed E-state index contributed by atoms with van der Waals surface area (Å²) in [6.07, 6.45) is 2.71. The Bertz CT molecular complexity index is 1650. The lowest BCUT2D eigenvalue weighted by atomic mass is 9.79. The average Bonchev–Trinajstić information content (AvgIpc) is 3.34. The van der Waals surface area contributed by atoms with E-state index in [0.717, 1.165) is 69.3 Å². The van der Waals surface area contributed by atoms with Gasteiger partial charge in [0.1, 0.15) is 5.75 Å². The first kappa shape index (κ1) is 32.8. The van der Waals surface area contributed by atoms with Gasteiger partial charge in [-0.15, -0.1) is 0 Å². The molecule has 238 valence electrons. The third-order valence-corrected chi connectivity index (χ3v) is 11.2. The quantitative estimate of drug-likeness (QED) is 0.121. The number of nitrogens with zero attached hydrogens (tertiary/aromatic N) is 2. The minimum absolute atomic E-state index is 0.149. The van der Waals surface area contributed by atoms with Crippen LogP contribution in [0.2, 0.25) is 0 Å². The van der Waals surface area contributed by atoms with E-state index in [-0.39, 0.29) is 20.5 Å². The first-order chi connectivity index (χ1) is 20.9. The highest BCUT2D eigenvalue weighted by atomic mass is 127. The first-order valence-electron chi connectivity index (χ1n) is 14.7. The average molecular weight is 741 g/mol. The van der Waals surface area contributed by atoms with Crippen molar-refractivity contribution in [2.75, 3.05) is 56.8 Å². The first-order valence-corrected chi connectivity index (χ1v) is 17.7. The fourth-order valence-corrected chi connectivity index (χ4v) is 7.59. The van der Waals surface area contributed by atoms with E-state index in [0.29, 0.717) is 22.6 Å². The van der Waals surface area contributed by atoms with E-state index in [4.69, 9.17) is 9.47 Å². The molecular formula is C32H39F2IN4O4S. The number of sulfone groups is 1. The van der Waals surface area contributed by atoms with Gasteiger partial charge in [0.25, 0.3) is 6.43 Å². The second-order valence-electron chi connectivity index (χ2n) is 11.7. The molecule has 5 rings (SSSR count). The van der Waals surface area contributed by atoms with Crippen LogP contribution in [-0.2, 0) is 21.1 Å². The molecule has 0 radical (unpaired) electrons. The summed E-state index contributed by atoms with van der Waals surface area (Å²) in [7, 11) is -1.92. The molecule has 1 saturated carbocycles. The Morgan fingerprint density at radius 1 is 1.09 bits per heavy atom. The lowest BCUT2D eigenvalue weighted by Gasteiger charge is -2.49. The van der Waals surface area contributed by atoms with E-state index < -0.39 is 22.8 Å². The summed E-state index contributed by atoms with van der Waals surface area (Å²) >= 11 is 2.53. The molecule has 0 spiro atoms. The van der Waals surface area contributed by atoms with Crippen molar-refractivity contribution in [2.45, 2.75) is 59.6 Å². The molecule has 1 aliphatic carbocycles. The molecule has 8 nitrogen and oxygen atoms in total. The van der Waals surface area contributed by atoms with E-state index >= 15 is 0 Å². The lowest BCUT2D eigenvalue weighted by molar-refractivity contribution is -0.0311. The van der Waals surface area contributed by atoms with Crippen LogP contribution in [0.15, 0.2) is 47.4 Å². The standard InChI is InChI=1S/C32H39F2IN4O4S/c1-31(38-16-18-43-19-17-38)11-13-32(35,14-12-31)37-26-7-4-8-28-25(26)20-23(39(28)22-30(33)34)6-5-15-36-27-10-9-24(44(3,40)41)21-29(27)42-2/h4,7-10,20-21,30,36-37H,11-19,22H2,1-3H3. The number of rotatable bonds is 9. The summed E-state index contributed by atoms with van der Waals surface area (Å²) in [5.41, 5.74) is 2.86. The fraction of sp³-hybridized carbons (Fsp3) is 0.500. The largest absolute Gasteiger partial charge is 0.495 e. The molecule has 0 bridgehead atoms. The van der Waals surface area contributed by atoms with Gasteiger partial charge in [-0.2, -0.15) is 0 Å². The predicted octanol–water partition coefficient (Wildman–Crippen LogP) is 5.99. The number of morpholine rings is 1. The Morgan fingerprint density at radius 3 is 2.48 bits per heavy atom. The Morgan fingerprint density at radius 2 is 1.82 bits per heavy atom. The van der Waals surface area contributed by atoms with Gasteiger partial charge in [-0.1, -0.05) is 34.6 Å². The summed E-state index contributed by atoms with van der Waals surface area (Å²) in [6.45, 7) is 5.62. The molecule has 0 unspecified atom stereocenters. The normalized spacial score (nSPS) is 22.9. The van der Waals surface area contributed by atoms with E-state index in [1.165, 1.54) is 19.2 Å².